The Bertz CT molecular complexity index is 1120. The summed E-state index contributed by atoms with van der Waals surface area (Å²) in [6.07, 6.45) is 0. The van der Waals surface area contributed by atoms with E-state index in [0.29, 0.717) is 59.5 Å². The van der Waals surface area contributed by atoms with Crippen LogP contribution >= 0.6 is 12.2 Å². The molecule has 0 aliphatic carbocycles. The van der Waals surface area contributed by atoms with Crippen LogP contribution in [0.4, 0.5) is 5.95 Å². The van der Waals surface area contributed by atoms with Crippen molar-refractivity contribution < 1.29 is 9.47 Å². The average molecular weight is 385 g/mol. The molecule has 0 bridgehead atoms. The number of aromatic amines is 1. The van der Waals surface area contributed by atoms with Crippen molar-refractivity contribution in [3.8, 4) is 11.4 Å². The highest BCUT2D eigenvalue weighted by molar-refractivity contribution is 7.71. The molecule has 27 heavy (non-hydrogen) atoms. The smallest absolute Gasteiger partial charge is 0.264 e. The molecule has 0 radical (unpaired) electrons. The van der Waals surface area contributed by atoms with Crippen molar-refractivity contribution in [2.45, 2.75) is 6.92 Å². The first-order valence-corrected chi connectivity index (χ1v) is 9.00. The number of nitrogens with one attached hydrogen (secondary N) is 1. The van der Waals surface area contributed by atoms with Gasteiger partial charge in [-0.15, -0.1) is 0 Å². The number of methoxy groups -OCH3 is 1. The molecule has 4 rings (SSSR count). The number of H-pyrrole nitrogens is 1. The third-order valence-electron chi connectivity index (χ3n) is 4.53. The highest BCUT2D eigenvalue weighted by atomic mass is 32.1. The van der Waals surface area contributed by atoms with E-state index < -0.39 is 0 Å². The Labute approximate surface area is 160 Å². The summed E-state index contributed by atoms with van der Waals surface area (Å²) >= 11 is 5.63. The molecule has 3 aromatic rings. The Morgan fingerprint density at radius 1 is 1.22 bits per heavy atom. The second kappa shape index (κ2) is 7.09. The Hall–Kier alpha value is -2.78. The lowest BCUT2D eigenvalue weighted by Crippen LogP contribution is -2.38. The van der Waals surface area contributed by atoms with Gasteiger partial charge in [-0.1, -0.05) is 24.4 Å². The zero-order valence-corrected chi connectivity index (χ0v) is 15.9. The highest BCUT2D eigenvalue weighted by Crippen LogP contribution is 2.25. The molecule has 0 spiro atoms. The van der Waals surface area contributed by atoms with E-state index in [1.54, 1.807) is 11.7 Å². The quantitative estimate of drug-likeness (QED) is 0.690. The number of morpholine rings is 1. The fourth-order valence-corrected chi connectivity index (χ4v) is 3.62. The number of anilines is 1. The maximum Gasteiger partial charge on any atom is 0.264 e. The molecule has 0 atom stereocenters. The summed E-state index contributed by atoms with van der Waals surface area (Å²) in [5, 5.41) is 0.290. The normalized spacial score (nSPS) is 14.5. The van der Waals surface area contributed by atoms with Gasteiger partial charge < -0.3 is 14.4 Å². The van der Waals surface area contributed by atoms with Crippen LogP contribution in [0.15, 0.2) is 29.1 Å². The van der Waals surface area contributed by atoms with Gasteiger partial charge in [0, 0.05) is 13.1 Å². The van der Waals surface area contributed by atoms with Crippen LogP contribution in [0.5, 0.6) is 5.75 Å². The van der Waals surface area contributed by atoms with Gasteiger partial charge in [-0.2, -0.15) is 4.98 Å². The monoisotopic (exact) mass is 385 g/mol. The highest BCUT2D eigenvalue weighted by Gasteiger charge is 2.18. The molecular weight excluding hydrogens is 366 g/mol. The molecule has 2 aromatic heterocycles. The van der Waals surface area contributed by atoms with Crippen LogP contribution < -0.4 is 15.2 Å². The van der Waals surface area contributed by atoms with Gasteiger partial charge >= 0.3 is 0 Å². The first-order valence-electron chi connectivity index (χ1n) is 8.60. The minimum Gasteiger partial charge on any atom is -0.495 e. The Balaban J connectivity index is 1.93. The molecule has 8 nitrogen and oxygen atoms in total. The molecular formula is C18H19N5O3S. The van der Waals surface area contributed by atoms with Crippen LogP contribution in [0.1, 0.15) is 5.82 Å². The summed E-state index contributed by atoms with van der Waals surface area (Å²) in [6.45, 7) is 4.37. The summed E-state index contributed by atoms with van der Waals surface area (Å²) in [6, 6.07) is 7.47. The number of hydrogen-bond acceptors (Lipinski definition) is 7. The molecule has 0 saturated carbocycles. The van der Waals surface area contributed by atoms with Crippen LogP contribution in [-0.2, 0) is 4.74 Å². The Morgan fingerprint density at radius 3 is 2.70 bits per heavy atom. The number of aromatic nitrogens is 4. The average Bonchev–Trinajstić information content (AvgIpc) is 2.68. The minimum atomic E-state index is -0.303. The van der Waals surface area contributed by atoms with E-state index in [9.17, 15) is 4.79 Å². The van der Waals surface area contributed by atoms with Crippen molar-refractivity contribution in [2.24, 2.45) is 0 Å². The van der Waals surface area contributed by atoms with Gasteiger partial charge in [-0.05, 0) is 19.1 Å². The first kappa shape index (κ1) is 17.6. The van der Waals surface area contributed by atoms with E-state index in [4.69, 9.17) is 21.7 Å². The molecule has 1 fully saturated rings. The summed E-state index contributed by atoms with van der Waals surface area (Å²) in [4.78, 5) is 26.7. The maximum atomic E-state index is 12.8. The van der Waals surface area contributed by atoms with Crippen molar-refractivity contribution in [2.75, 3.05) is 38.3 Å². The lowest BCUT2D eigenvalue weighted by atomic mass is 10.2. The van der Waals surface area contributed by atoms with Gasteiger partial charge in [-0.3, -0.25) is 14.3 Å². The molecule has 1 saturated heterocycles. The van der Waals surface area contributed by atoms with Gasteiger partial charge in [0.1, 0.15) is 21.6 Å². The Kier molecular flexibility index (Phi) is 4.63. The molecule has 3 heterocycles. The summed E-state index contributed by atoms with van der Waals surface area (Å²) < 4.78 is 12.9. The number of aryl methyl sites for hydroxylation is 1. The first-order chi connectivity index (χ1) is 13.1. The van der Waals surface area contributed by atoms with Gasteiger partial charge in [-0.25, -0.2) is 4.98 Å². The van der Waals surface area contributed by atoms with Gasteiger partial charge in [0.05, 0.1) is 26.0 Å². The zero-order chi connectivity index (χ0) is 19.0. The largest absolute Gasteiger partial charge is 0.495 e. The predicted octanol–water partition coefficient (Wildman–Crippen LogP) is 1.99. The summed E-state index contributed by atoms with van der Waals surface area (Å²) in [7, 11) is 1.59. The van der Waals surface area contributed by atoms with Crippen LogP contribution in [0.25, 0.3) is 16.7 Å². The SMILES string of the molecule is COc1ccccc1-n1c(C)nc2nc(N3CCOCC3)[nH]c(=O)c2c1=S. The number of para-hydroxylation sites is 2. The van der Waals surface area contributed by atoms with E-state index in [1.165, 1.54) is 0 Å². The molecule has 0 unspecified atom stereocenters. The third-order valence-corrected chi connectivity index (χ3v) is 4.92. The van der Waals surface area contributed by atoms with Crippen LogP contribution in [0.2, 0.25) is 0 Å². The number of nitrogens with zero attached hydrogens (tertiary/aromatic N) is 4. The zero-order valence-electron chi connectivity index (χ0n) is 15.1. The summed E-state index contributed by atoms with van der Waals surface area (Å²) in [5.41, 5.74) is 0.769. The Morgan fingerprint density at radius 2 is 1.96 bits per heavy atom. The number of benzene rings is 1. The van der Waals surface area contributed by atoms with Crippen molar-refractivity contribution in [1.82, 2.24) is 19.5 Å². The molecule has 0 amide bonds. The minimum absolute atomic E-state index is 0.290. The standard InChI is InChI=1S/C18H19N5O3S/c1-11-19-15-14(16(24)21-18(20-15)22-7-9-26-10-8-22)17(27)23(11)12-5-3-4-6-13(12)25-2/h3-6H,7-10H2,1-2H3,(H,20,21,24). The van der Waals surface area contributed by atoms with Crippen molar-refractivity contribution >= 4 is 29.2 Å². The third kappa shape index (κ3) is 3.08. The van der Waals surface area contributed by atoms with Crippen LogP contribution in [0.3, 0.4) is 0 Å². The van der Waals surface area contributed by atoms with Gasteiger partial charge in [0.2, 0.25) is 5.95 Å². The number of hydrogen-bond donors (Lipinski definition) is 1. The number of rotatable bonds is 3. The van der Waals surface area contributed by atoms with Gasteiger partial charge in [0.15, 0.2) is 5.65 Å². The van der Waals surface area contributed by atoms with Crippen molar-refractivity contribution in [3.05, 3.63) is 45.1 Å². The van der Waals surface area contributed by atoms with E-state index >= 15 is 0 Å². The number of fused-ring (bicyclic) bond motifs is 1. The molecule has 9 heteroatoms. The molecule has 140 valence electrons. The number of ether oxygens (including phenoxy) is 2. The lowest BCUT2D eigenvalue weighted by molar-refractivity contribution is 0.122. The molecule has 1 N–H and O–H groups in total. The molecule has 1 aromatic carbocycles. The second-order valence-corrected chi connectivity index (χ2v) is 6.55. The van der Waals surface area contributed by atoms with E-state index in [2.05, 4.69) is 15.0 Å². The summed E-state index contributed by atoms with van der Waals surface area (Å²) in [5.74, 6) is 1.77. The van der Waals surface area contributed by atoms with E-state index in [1.807, 2.05) is 36.1 Å². The molecule has 1 aliphatic heterocycles. The van der Waals surface area contributed by atoms with Crippen molar-refractivity contribution in [1.29, 1.82) is 0 Å². The molecule has 1 aliphatic rings. The lowest BCUT2D eigenvalue weighted by Gasteiger charge is -2.27. The second-order valence-electron chi connectivity index (χ2n) is 6.16. The van der Waals surface area contributed by atoms with Crippen LogP contribution in [0, 0.1) is 11.6 Å². The maximum absolute atomic E-state index is 12.8. The van der Waals surface area contributed by atoms with E-state index in [-0.39, 0.29) is 5.56 Å². The van der Waals surface area contributed by atoms with Gasteiger partial charge in [0.25, 0.3) is 5.56 Å². The predicted molar refractivity (Wildman–Crippen MR) is 105 cm³/mol. The van der Waals surface area contributed by atoms with Crippen molar-refractivity contribution in [3.63, 3.8) is 0 Å². The fraction of sp³-hybridized carbons (Fsp3) is 0.333. The fourth-order valence-electron chi connectivity index (χ4n) is 3.21. The van der Waals surface area contributed by atoms with Crippen LogP contribution in [-0.4, -0.2) is 52.9 Å². The van der Waals surface area contributed by atoms with E-state index in [0.717, 1.165) is 5.69 Å². The topological polar surface area (TPSA) is 85.3 Å².